The first-order chi connectivity index (χ1) is 13.2. The largest absolute Gasteiger partial charge is 0.488 e. The smallest absolute Gasteiger partial charge is 0.220 e. The average molecular weight is 500 g/mol. The lowest BCUT2D eigenvalue weighted by Gasteiger charge is -2.21. The van der Waals surface area contributed by atoms with Crippen molar-refractivity contribution in [2.24, 2.45) is 10.9 Å². The van der Waals surface area contributed by atoms with Gasteiger partial charge in [-0.25, -0.2) is 0 Å². The molecule has 0 spiro atoms. The SMILES string of the molecule is CN=C(NCCNC(=O)CC1CCCCC1)NCC1Cc2ccccc2O1.I. The second-order valence-corrected chi connectivity index (χ2v) is 7.49. The van der Waals surface area contributed by atoms with Crippen molar-refractivity contribution in [2.45, 2.75) is 51.0 Å². The minimum atomic E-state index is 0. The van der Waals surface area contributed by atoms with E-state index in [0.29, 0.717) is 32.0 Å². The van der Waals surface area contributed by atoms with E-state index >= 15 is 0 Å². The Bertz CT molecular complexity index is 622. The van der Waals surface area contributed by atoms with Crippen LogP contribution in [0.3, 0.4) is 0 Å². The van der Waals surface area contributed by atoms with Crippen LogP contribution in [0.5, 0.6) is 5.75 Å². The van der Waals surface area contributed by atoms with Crippen LogP contribution in [0.1, 0.15) is 44.1 Å². The molecular weight excluding hydrogens is 467 g/mol. The third kappa shape index (κ3) is 7.14. The summed E-state index contributed by atoms with van der Waals surface area (Å²) in [7, 11) is 1.75. The van der Waals surface area contributed by atoms with E-state index in [1.807, 2.05) is 18.2 Å². The van der Waals surface area contributed by atoms with E-state index in [1.165, 1.54) is 37.7 Å². The minimum Gasteiger partial charge on any atom is -0.488 e. The van der Waals surface area contributed by atoms with Gasteiger partial charge in [-0.3, -0.25) is 9.79 Å². The number of aliphatic imine (C=N–C) groups is 1. The van der Waals surface area contributed by atoms with E-state index < -0.39 is 0 Å². The summed E-state index contributed by atoms with van der Waals surface area (Å²) in [6, 6.07) is 8.16. The molecule has 1 amide bonds. The molecule has 1 atom stereocenters. The third-order valence-electron chi connectivity index (χ3n) is 5.37. The number of carbonyl (C=O) groups is 1. The monoisotopic (exact) mass is 500 g/mol. The Morgan fingerprint density at radius 3 is 2.61 bits per heavy atom. The van der Waals surface area contributed by atoms with Gasteiger partial charge in [-0.05, 0) is 30.4 Å². The van der Waals surface area contributed by atoms with Gasteiger partial charge in [0.05, 0.1) is 6.54 Å². The second-order valence-electron chi connectivity index (χ2n) is 7.49. The Morgan fingerprint density at radius 2 is 1.86 bits per heavy atom. The number of nitrogens with one attached hydrogen (secondary N) is 3. The summed E-state index contributed by atoms with van der Waals surface area (Å²) in [5.41, 5.74) is 1.26. The summed E-state index contributed by atoms with van der Waals surface area (Å²) in [6.45, 7) is 1.96. The predicted octanol–water partition coefficient (Wildman–Crippen LogP) is 2.86. The number of nitrogens with zero attached hydrogens (tertiary/aromatic N) is 1. The van der Waals surface area contributed by atoms with Crippen LogP contribution in [0.4, 0.5) is 0 Å². The zero-order valence-corrected chi connectivity index (χ0v) is 19.0. The van der Waals surface area contributed by atoms with Gasteiger partial charge in [0, 0.05) is 33.0 Å². The molecule has 3 rings (SSSR count). The first-order valence-corrected chi connectivity index (χ1v) is 10.2. The molecule has 0 aromatic heterocycles. The van der Waals surface area contributed by atoms with Crippen molar-refractivity contribution in [3.63, 3.8) is 0 Å². The van der Waals surface area contributed by atoms with E-state index in [9.17, 15) is 4.79 Å². The number of carbonyl (C=O) groups excluding carboxylic acids is 1. The quantitative estimate of drug-likeness (QED) is 0.233. The molecule has 0 bridgehead atoms. The zero-order valence-electron chi connectivity index (χ0n) is 16.7. The Hall–Kier alpha value is -1.51. The van der Waals surface area contributed by atoms with Gasteiger partial charge in [-0.1, -0.05) is 37.5 Å². The van der Waals surface area contributed by atoms with Crippen LogP contribution in [0.2, 0.25) is 0 Å². The predicted molar refractivity (Wildman–Crippen MR) is 124 cm³/mol. The number of hydrogen-bond donors (Lipinski definition) is 3. The van der Waals surface area contributed by atoms with Crippen molar-refractivity contribution in [3.05, 3.63) is 29.8 Å². The summed E-state index contributed by atoms with van der Waals surface area (Å²) in [5, 5.41) is 9.55. The topological polar surface area (TPSA) is 74.8 Å². The molecule has 2 aliphatic rings. The summed E-state index contributed by atoms with van der Waals surface area (Å²) >= 11 is 0. The highest BCUT2D eigenvalue weighted by molar-refractivity contribution is 14.0. The molecule has 1 aromatic carbocycles. The number of hydrogen-bond acceptors (Lipinski definition) is 3. The highest BCUT2D eigenvalue weighted by Crippen LogP contribution is 2.27. The van der Waals surface area contributed by atoms with Crippen molar-refractivity contribution >= 4 is 35.8 Å². The van der Waals surface area contributed by atoms with E-state index in [4.69, 9.17) is 4.74 Å². The van der Waals surface area contributed by atoms with Crippen LogP contribution in [0.15, 0.2) is 29.3 Å². The lowest BCUT2D eigenvalue weighted by atomic mass is 9.87. The van der Waals surface area contributed by atoms with Crippen molar-refractivity contribution in [1.29, 1.82) is 0 Å². The molecule has 3 N–H and O–H groups in total. The van der Waals surface area contributed by atoms with Gasteiger partial charge in [0.25, 0.3) is 0 Å². The molecule has 1 fully saturated rings. The van der Waals surface area contributed by atoms with Crippen molar-refractivity contribution in [1.82, 2.24) is 16.0 Å². The maximum absolute atomic E-state index is 12.0. The highest BCUT2D eigenvalue weighted by Gasteiger charge is 2.22. The maximum Gasteiger partial charge on any atom is 0.220 e. The summed E-state index contributed by atoms with van der Waals surface area (Å²) in [5.74, 6) is 2.46. The zero-order chi connectivity index (χ0) is 18.9. The first-order valence-electron chi connectivity index (χ1n) is 10.2. The van der Waals surface area contributed by atoms with Crippen LogP contribution in [0.25, 0.3) is 0 Å². The Kier molecular flexibility index (Phi) is 9.87. The lowest BCUT2D eigenvalue weighted by molar-refractivity contribution is -0.122. The van der Waals surface area contributed by atoms with E-state index in [1.54, 1.807) is 7.05 Å². The molecule has 1 aliphatic heterocycles. The van der Waals surface area contributed by atoms with Crippen molar-refractivity contribution in [2.75, 3.05) is 26.7 Å². The summed E-state index contributed by atoms with van der Waals surface area (Å²) in [6.07, 6.45) is 7.99. The normalized spacial score (nSPS) is 19.2. The number of fused-ring (bicyclic) bond motifs is 1. The first kappa shape index (κ1) is 22.8. The Balaban J connectivity index is 0.00000280. The van der Waals surface area contributed by atoms with Crippen molar-refractivity contribution in [3.8, 4) is 5.75 Å². The summed E-state index contributed by atoms with van der Waals surface area (Å²) < 4.78 is 5.93. The maximum atomic E-state index is 12.0. The van der Waals surface area contributed by atoms with Crippen LogP contribution >= 0.6 is 24.0 Å². The standard InChI is InChI=1S/C21H32N4O2.HI/c1-22-21(25-15-18-14-17-9-5-6-10-19(17)27-18)24-12-11-23-20(26)13-16-7-3-2-4-8-16;/h5-6,9-10,16,18H,2-4,7-8,11-15H2,1H3,(H,23,26)(H2,22,24,25);1H. The van der Waals surface area contributed by atoms with Gasteiger partial charge in [0.2, 0.25) is 5.91 Å². The molecule has 156 valence electrons. The van der Waals surface area contributed by atoms with Crippen LogP contribution < -0.4 is 20.7 Å². The summed E-state index contributed by atoms with van der Waals surface area (Å²) in [4.78, 5) is 16.3. The number of halogens is 1. The van der Waals surface area contributed by atoms with Gasteiger partial charge >= 0.3 is 0 Å². The molecular formula is C21H33IN4O2. The fourth-order valence-corrected chi connectivity index (χ4v) is 3.91. The third-order valence-corrected chi connectivity index (χ3v) is 5.37. The molecule has 1 saturated carbocycles. The Labute approximate surface area is 185 Å². The second kappa shape index (κ2) is 12.1. The molecule has 1 heterocycles. The Morgan fingerprint density at radius 1 is 1.11 bits per heavy atom. The molecule has 28 heavy (non-hydrogen) atoms. The average Bonchev–Trinajstić information content (AvgIpc) is 3.11. The van der Waals surface area contributed by atoms with Gasteiger partial charge < -0.3 is 20.7 Å². The molecule has 7 heteroatoms. The molecule has 1 unspecified atom stereocenters. The molecule has 0 radical (unpaired) electrons. The number of guanidine groups is 1. The molecule has 0 saturated heterocycles. The minimum absolute atomic E-state index is 0. The van der Waals surface area contributed by atoms with Crippen molar-refractivity contribution < 1.29 is 9.53 Å². The highest BCUT2D eigenvalue weighted by atomic mass is 127. The van der Waals surface area contributed by atoms with Crippen LogP contribution in [-0.4, -0.2) is 44.7 Å². The van der Waals surface area contributed by atoms with Gasteiger partial charge in [-0.2, -0.15) is 0 Å². The van der Waals surface area contributed by atoms with Crippen LogP contribution in [0, 0.1) is 5.92 Å². The molecule has 1 aliphatic carbocycles. The lowest BCUT2D eigenvalue weighted by Crippen LogP contribution is -2.44. The van der Waals surface area contributed by atoms with Gasteiger partial charge in [0.1, 0.15) is 11.9 Å². The van der Waals surface area contributed by atoms with E-state index in [-0.39, 0.29) is 36.0 Å². The number of rotatable bonds is 7. The molecule has 6 nitrogen and oxygen atoms in total. The van der Waals surface area contributed by atoms with E-state index in [0.717, 1.165) is 18.1 Å². The number of ether oxygens (including phenoxy) is 1. The number of amides is 1. The van der Waals surface area contributed by atoms with Gasteiger partial charge in [0.15, 0.2) is 5.96 Å². The van der Waals surface area contributed by atoms with Crippen LogP contribution in [-0.2, 0) is 11.2 Å². The van der Waals surface area contributed by atoms with E-state index in [2.05, 4.69) is 27.0 Å². The number of para-hydroxylation sites is 1. The van der Waals surface area contributed by atoms with Gasteiger partial charge in [-0.15, -0.1) is 24.0 Å². The fourth-order valence-electron chi connectivity index (χ4n) is 3.91. The fraction of sp³-hybridized carbons (Fsp3) is 0.619. The molecule has 1 aromatic rings. The number of benzene rings is 1.